The van der Waals surface area contributed by atoms with Gasteiger partial charge in [-0.15, -0.1) is 0 Å². The fourth-order valence-electron chi connectivity index (χ4n) is 1.75. The third kappa shape index (κ3) is 4.05. The lowest BCUT2D eigenvalue weighted by atomic mass is 10.1. The van der Waals surface area contributed by atoms with Crippen molar-refractivity contribution in [2.75, 3.05) is 0 Å². The first kappa shape index (κ1) is 14.0. The summed E-state index contributed by atoms with van der Waals surface area (Å²) in [5.41, 5.74) is 2.36. The first-order chi connectivity index (χ1) is 9.65. The molecule has 1 aromatic heterocycles. The van der Waals surface area contributed by atoms with E-state index < -0.39 is 0 Å². The van der Waals surface area contributed by atoms with Crippen molar-refractivity contribution in [1.82, 2.24) is 15.6 Å². The Kier molecular flexibility index (Phi) is 4.65. The number of amides is 2. The third-order valence-electron chi connectivity index (χ3n) is 2.85. The van der Waals surface area contributed by atoms with Crippen molar-refractivity contribution in [3.05, 3.63) is 65.2 Å². The number of urea groups is 1. The lowest BCUT2D eigenvalue weighted by Gasteiger charge is -2.08. The number of hydrogen-bond donors (Lipinski definition) is 2. The molecular weight excluding hydrogens is 257 g/mol. The monoisotopic (exact) mass is 273 g/mol. The molecule has 0 saturated carbocycles. The molecule has 0 aliphatic carbocycles. The molecule has 104 valence electrons. The van der Waals surface area contributed by atoms with Crippen LogP contribution in [-0.2, 0) is 13.1 Å². The molecule has 0 aliphatic rings. The van der Waals surface area contributed by atoms with E-state index in [-0.39, 0.29) is 11.8 Å². The molecule has 2 N–H and O–H groups in total. The van der Waals surface area contributed by atoms with E-state index in [9.17, 15) is 9.18 Å². The summed E-state index contributed by atoms with van der Waals surface area (Å²) in [6, 6.07) is 8.21. The van der Waals surface area contributed by atoms with E-state index in [1.807, 2.05) is 12.1 Å². The first-order valence-corrected chi connectivity index (χ1v) is 6.31. The van der Waals surface area contributed by atoms with Crippen LogP contribution in [0.3, 0.4) is 0 Å². The largest absolute Gasteiger partial charge is 0.334 e. The van der Waals surface area contributed by atoms with Crippen molar-refractivity contribution < 1.29 is 9.18 Å². The first-order valence-electron chi connectivity index (χ1n) is 6.31. The minimum atomic E-state index is -0.268. The Morgan fingerprint density at radius 2 is 1.95 bits per heavy atom. The van der Waals surface area contributed by atoms with Gasteiger partial charge in [-0.25, -0.2) is 9.18 Å². The van der Waals surface area contributed by atoms with Crippen molar-refractivity contribution in [2.24, 2.45) is 0 Å². The van der Waals surface area contributed by atoms with Crippen LogP contribution in [0.15, 0.2) is 42.7 Å². The maximum atomic E-state index is 13.1. The normalized spacial score (nSPS) is 10.1. The summed E-state index contributed by atoms with van der Waals surface area (Å²) in [6.45, 7) is 2.48. The number of nitrogens with one attached hydrogen (secondary N) is 2. The maximum absolute atomic E-state index is 13.1. The molecule has 2 rings (SSSR count). The van der Waals surface area contributed by atoms with Crippen LogP contribution in [0.1, 0.15) is 16.7 Å². The number of benzene rings is 1. The Labute approximate surface area is 117 Å². The zero-order valence-electron chi connectivity index (χ0n) is 11.2. The Morgan fingerprint density at radius 3 is 2.60 bits per heavy atom. The minimum absolute atomic E-state index is 0.241. The summed E-state index contributed by atoms with van der Waals surface area (Å²) in [7, 11) is 0. The number of halogens is 1. The molecule has 0 radical (unpaired) electrons. The van der Waals surface area contributed by atoms with E-state index in [2.05, 4.69) is 15.6 Å². The van der Waals surface area contributed by atoms with Crippen molar-refractivity contribution in [2.45, 2.75) is 20.0 Å². The molecular formula is C15H16FN3O. The maximum Gasteiger partial charge on any atom is 0.315 e. The van der Waals surface area contributed by atoms with Gasteiger partial charge in [-0.05, 0) is 35.7 Å². The van der Waals surface area contributed by atoms with Crippen LogP contribution in [0.4, 0.5) is 9.18 Å². The Balaban J connectivity index is 1.79. The number of pyridine rings is 1. The van der Waals surface area contributed by atoms with Gasteiger partial charge in [0.15, 0.2) is 0 Å². The second-order valence-corrected chi connectivity index (χ2v) is 4.48. The number of carbonyl (C=O) groups excluding carboxylic acids is 1. The van der Waals surface area contributed by atoms with Crippen LogP contribution in [0.25, 0.3) is 0 Å². The molecule has 1 aromatic carbocycles. The van der Waals surface area contributed by atoms with Gasteiger partial charge in [0.25, 0.3) is 0 Å². The molecule has 0 fully saturated rings. The summed E-state index contributed by atoms with van der Waals surface area (Å²) < 4.78 is 13.1. The number of hydrogen-bond acceptors (Lipinski definition) is 2. The van der Waals surface area contributed by atoms with Crippen LogP contribution < -0.4 is 10.6 Å². The zero-order chi connectivity index (χ0) is 14.4. The summed E-state index contributed by atoms with van der Waals surface area (Å²) in [5.74, 6) is -0.241. The van der Waals surface area contributed by atoms with E-state index >= 15 is 0 Å². The number of rotatable bonds is 4. The molecule has 5 heteroatoms. The Hall–Kier alpha value is -2.43. The smallest absolute Gasteiger partial charge is 0.315 e. The quantitative estimate of drug-likeness (QED) is 0.899. The predicted molar refractivity (Wildman–Crippen MR) is 74.4 cm³/mol. The van der Waals surface area contributed by atoms with Gasteiger partial charge >= 0.3 is 6.03 Å². The number of nitrogens with zero attached hydrogens (tertiary/aromatic N) is 1. The molecule has 0 aliphatic heterocycles. The van der Waals surface area contributed by atoms with Gasteiger partial charge in [0, 0.05) is 25.5 Å². The highest BCUT2D eigenvalue weighted by Crippen LogP contribution is 2.08. The average Bonchev–Trinajstić information content (AvgIpc) is 2.47. The molecule has 20 heavy (non-hydrogen) atoms. The molecule has 2 amide bonds. The van der Waals surface area contributed by atoms with Crippen molar-refractivity contribution in [3.63, 3.8) is 0 Å². The van der Waals surface area contributed by atoms with Crippen LogP contribution in [0.2, 0.25) is 0 Å². The number of aromatic nitrogens is 1. The molecule has 0 spiro atoms. The third-order valence-corrected chi connectivity index (χ3v) is 2.85. The van der Waals surface area contributed by atoms with E-state index in [0.29, 0.717) is 18.7 Å². The molecule has 0 saturated heterocycles. The van der Waals surface area contributed by atoms with Crippen LogP contribution in [-0.4, -0.2) is 11.0 Å². The van der Waals surface area contributed by atoms with Crippen molar-refractivity contribution >= 4 is 6.03 Å². The van der Waals surface area contributed by atoms with Gasteiger partial charge in [0.05, 0.1) is 0 Å². The minimum Gasteiger partial charge on any atom is -0.334 e. The van der Waals surface area contributed by atoms with E-state index in [0.717, 1.165) is 11.1 Å². The van der Waals surface area contributed by atoms with E-state index in [1.165, 1.54) is 6.07 Å². The molecule has 0 unspecified atom stereocenters. The summed E-state index contributed by atoms with van der Waals surface area (Å²) in [5, 5.41) is 5.45. The van der Waals surface area contributed by atoms with Crippen molar-refractivity contribution in [1.29, 1.82) is 0 Å². The van der Waals surface area contributed by atoms with Gasteiger partial charge in [-0.2, -0.15) is 0 Å². The highest BCUT2D eigenvalue weighted by atomic mass is 19.1. The molecule has 2 aromatic rings. The van der Waals surface area contributed by atoms with E-state index in [4.69, 9.17) is 0 Å². The number of carbonyl (C=O) groups is 1. The zero-order valence-corrected chi connectivity index (χ0v) is 11.2. The molecule has 0 bridgehead atoms. The highest BCUT2D eigenvalue weighted by Gasteiger charge is 2.02. The van der Waals surface area contributed by atoms with Gasteiger partial charge in [-0.3, -0.25) is 4.98 Å². The molecule has 1 heterocycles. The van der Waals surface area contributed by atoms with Crippen LogP contribution in [0.5, 0.6) is 0 Å². The molecule has 0 atom stereocenters. The lowest BCUT2D eigenvalue weighted by molar-refractivity contribution is 0.240. The standard InChI is InChI=1S/C15H16FN3O/c1-11-7-12(4-5-14(11)16)9-18-15(20)19-10-13-3-2-6-17-8-13/h2-8H,9-10H2,1H3,(H2,18,19,20). The topological polar surface area (TPSA) is 54.0 Å². The Bertz CT molecular complexity index is 587. The summed E-state index contributed by atoms with van der Waals surface area (Å²) in [4.78, 5) is 15.6. The van der Waals surface area contributed by atoms with Gasteiger partial charge in [0.2, 0.25) is 0 Å². The second-order valence-electron chi connectivity index (χ2n) is 4.48. The van der Waals surface area contributed by atoms with E-state index in [1.54, 1.807) is 31.5 Å². The highest BCUT2D eigenvalue weighted by molar-refractivity contribution is 5.73. The van der Waals surface area contributed by atoms with Gasteiger partial charge < -0.3 is 10.6 Å². The fraction of sp³-hybridized carbons (Fsp3) is 0.200. The summed E-state index contributed by atoms with van der Waals surface area (Å²) >= 11 is 0. The van der Waals surface area contributed by atoms with Crippen molar-refractivity contribution in [3.8, 4) is 0 Å². The van der Waals surface area contributed by atoms with Gasteiger partial charge in [0.1, 0.15) is 5.82 Å². The Morgan fingerprint density at radius 1 is 1.20 bits per heavy atom. The van der Waals surface area contributed by atoms with Crippen LogP contribution in [0, 0.1) is 12.7 Å². The molecule has 4 nitrogen and oxygen atoms in total. The second kappa shape index (κ2) is 6.65. The predicted octanol–water partition coefficient (Wildman–Crippen LogP) is 2.53. The fourth-order valence-corrected chi connectivity index (χ4v) is 1.75. The SMILES string of the molecule is Cc1cc(CNC(=O)NCc2cccnc2)ccc1F. The van der Waals surface area contributed by atoms with Crippen LogP contribution >= 0.6 is 0 Å². The van der Waals surface area contributed by atoms with Gasteiger partial charge in [-0.1, -0.05) is 18.2 Å². The number of aryl methyl sites for hydroxylation is 1. The summed E-state index contributed by atoms with van der Waals surface area (Å²) in [6.07, 6.45) is 3.38. The average molecular weight is 273 g/mol. The lowest BCUT2D eigenvalue weighted by Crippen LogP contribution is -2.34.